The lowest BCUT2D eigenvalue weighted by Gasteiger charge is -2.27. The van der Waals surface area contributed by atoms with Gasteiger partial charge in [-0.1, -0.05) is 12.1 Å². The average Bonchev–Trinajstić information content (AvgIpc) is 2.41. The summed E-state index contributed by atoms with van der Waals surface area (Å²) in [6.45, 7) is 5.47. The number of aliphatic carboxylic acids is 1. The third-order valence-electron chi connectivity index (χ3n) is 2.68. The quantitative estimate of drug-likeness (QED) is 0.903. The summed E-state index contributed by atoms with van der Waals surface area (Å²) in [4.78, 5) is 24.2. The summed E-state index contributed by atoms with van der Waals surface area (Å²) in [5.74, 6) is -0.987. The van der Waals surface area contributed by atoms with Crippen LogP contribution < -0.4 is 0 Å². The van der Waals surface area contributed by atoms with Crippen LogP contribution in [0.1, 0.15) is 38.3 Å². The lowest BCUT2D eigenvalue weighted by atomic mass is 10.1. The second-order valence-electron chi connectivity index (χ2n) is 5.86. The summed E-state index contributed by atoms with van der Waals surface area (Å²) < 4.78 is 5.29. The van der Waals surface area contributed by atoms with Crippen molar-refractivity contribution in [1.29, 1.82) is 5.26 Å². The van der Waals surface area contributed by atoms with Crippen LogP contribution in [-0.2, 0) is 16.1 Å². The number of carboxylic acids is 1. The highest BCUT2D eigenvalue weighted by atomic mass is 16.6. The number of carboxylic acid groups (broad SMARTS) is 1. The van der Waals surface area contributed by atoms with Crippen molar-refractivity contribution < 1.29 is 19.4 Å². The van der Waals surface area contributed by atoms with Crippen molar-refractivity contribution in [2.24, 2.45) is 0 Å². The Labute approximate surface area is 129 Å². The van der Waals surface area contributed by atoms with Gasteiger partial charge in [-0.2, -0.15) is 5.26 Å². The third-order valence-corrected chi connectivity index (χ3v) is 2.68. The third kappa shape index (κ3) is 6.27. The van der Waals surface area contributed by atoms with Gasteiger partial charge in [-0.05, 0) is 38.5 Å². The molecule has 6 heteroatoms. The average molecular weight is 304 g/mol. The van der Waals surface area contributed by atoms with Crippen LogP contribution in [0.3, 0.4) is 0 Å². The summed E-state index contributed by atoms with van der Waals surface area (Å²) in [5.41, 5.74) is 0.572. The van der Waals surface area contributed by atoms with Gasteiger partial charge >= 0.3 is 12.1 Å². The number of nitriles is 1. The Morgan fingerprint density at radius 3 is 2.59 bits per heavy atom. The predicted octanol–water partition coefficient (Wildman–Crippen LogP) is 2.77. The Bertz CT molecular complexity index is 585. The van der Waals surface area contributed by atoms with Crippen LogP contribution in [0.4, 0.5) is 4.79 Å². The summed E-state index contributed by atoms with van der Waals surface area (Å²) in [7, 11) is 0. The first-order valence-electron chi connectivity index (χ1n) is 6.90. The standard InChI is InChI=1S/C16H20N2O4/c1-16(2,3)22-15(21)18(8-7-14(19)20)11-13-6-4-5-12(9-13)10-17/h4-6,9H,7-8,11H2,1-3H3,(H,19,20). The van der Waals surface area contributed by atoms with Crippen molar-refractivity contribution in [1.82, 2.24) is 4.90 Å². The normalized spacial score (nSPS) is 10.6. The molecule has 0 aliphatic carbocycles. The molecule has 6 nitrogen and oxygen atoms in total. The number of carbonyl (C=O) groups excluding carboxylic acids is 1. The minimum atomic E-state index is -0.987. The van der Waals surface area contributed by atoms with Crippen LogP contribution in [0.15, 0.2) is 24.3 Å². The molecule has 1 rings (SSSR count). The molecule has 22 heavy (non-hydrogen) atoms. The van der Waals surface area contributed by atoms with Crippen molar-refractivity contribution in [2.75, 3.05) is 6.54 Å². The molecule has 0 saturated heterocycles. The Balaban J connectivity index is 2.87. The number of amides is 1. The fraction of sp³-hybridized carbons (Fsp3) is 0.438. The predicted molar refractivity (Wildman–Crippen MR) is 80.1 cm³/mol. The van der Waals surface area contributed by atoms with E-state index in [2.05, 4.69) is 0 Å². The van der Waals surface area contributed by atoms with Crippen LogP contribution >= 0.6 is 0 Å². The summed E-state index contributed by atoms with van der Waals surface area (Å²) in [5, 5.41) is 17.7. The van der Waals surface area contributed by atoms with E-state index in [0.717, 1.165) is 5.56 Å². The lowest BCUT2D eigenvalue weighted by Crippen LogP contribution is -2.37. The maximum Gasteiger partial charge on any atom is 0.410 e. The Morgan fingerprint density at radius 1 is 1.36 bits per heavy atom. The second kappa shape index (κ2) is 7.46. The molecule has 1 aromatic carbocycles. The van der Waals surface area contributed by atoms with Crippen molar-refractivity contribution in [2.45, 2.75) is 39.3 Å². The molecule has 0 aromatic heterocycles. The minimum Gasteiger partial charge on any atom is -0.481 e. The highest BCUT2D eigenvalue weighted by Gasteiger charge is 2.22. The molecule has 0 bridgehead atoms. The summed E-state index contributed by atoms with van der Waals surface area (Å²) in [6.07, 6.45) is -0.743. The SMILES string of the molecule is CC(C)(C)OC(=O)N(CCC(=O)O)Cc1cccc(C#N)c1. The molecule has 1 N–H and O–H groups in total. The zero-order valence-corrected chi connectivity index (χ0v) is 13.0. The number of carbonyl (C=O) groups is 2. The smallest absolute Gasteiger partial charge is 0.410 e. The first kappa shape index (κ1) is 17.5. The fourth-order valence-corrected chi connectivity index (χ4v) is 1.75. The molecule has 0 aliphatic rings. The maximum atomic E-state index is 12.2. The van der Waals surface area contributed by atoms with E-state index >= 15 is 0 Å². The highest BCUT2D eigenvalue weighted by Crippen LogP contribution is 2.14. The van der Waals surface area contributed by atoms with Gasteiger partial charge in [-0.3, -0.25) is 4.79 Å². The van der Waals surface area contributed by atoms with Crippen molar-refractivity contribution in [3.8, 4) is 6.07 Å². The molecular weight excluding hydrogens is 284 g/mol. The van der Waals surface area contributed by atoms with E-state index in [1.54, 1.807) is 45.0 Å². The highest BCUT2D eigenvalue weighted by molar-refractivity contribution is 5.71. The molecule has 1 aromatic rings. The van der Waals surface area contributed by atoms with E-state index < -0.39 is 17.7 Å². The number of ether oxygens (including phenoxy) is 1. The second-order valence-corrected chi connectivity index (χ2v) is 5.86. The fourth-order valence-electron chi connectivity index (χ4n) is 1.75. The number of hydrogen-bond acceptors (Lipinski definition) is 4. The molecule has 0 aliphatic heterocycles. The largest absolute Gasteiger partial charge is 0.481 e. The van der Waals surface area contributed by atoms with Crippen LogP contribution in [0.5, 0.6) is 0 Å². The molecular formula is C16H20N2O4. The van der Waals surface area contributed by atoms with Gasteiger partial charge in [0, 0.05) is 13.1 Å². The van der Waals surface area contributed by atoms with Gasteiger partial charge in [0.15, 0.2) is 0 Å². The van der Waals surface area contributed by atoms with E-state index in [4.69, 9.17) is 15.1 Å². The van der Waals surface area contributed by atoms with Gasteiger partial charge in [-0.15, -0.1) is 0 Å². The lowest BCUT2D eigenvalue weighted by molar-refractivity contribution is -0.137. The Kier molecular flexibility index (Phi) is 5.93. The maximum absolute atomic E-state index is 12.2. The van der Waals surface area contributed by atoms with Gasteiger partial charge in [0.2, 0.25) is 0 Å². The zero-order valence-electron chi connectivity index (χ0n) is 13.0. The monoisotopic (exact) mass is 304 g/mol. The minimum absolute atomic E-state index is 0.0427. The first-order chi connectivity index (χ1) is 10.2. The van der Waals surface area contributed by atoms with Gasteiger partial charge < -0.3 is 14.7 Å². The van der Waals surface area contributed by atoms with Crippen molar-refractivity contribution in [3.63, 3.8) is 0 Å². The van der Waals surface area contributed by atoms with Crippen molar-refractivity contribution in [3.05, 3.63) is 35.4 Å². The van der Waals surface area contributed by atoms with Crippen LogP contribution in [-0.4, -0.2) is 34.2 Å². The number of benzene rings is 1. The number of hydrogen-bond donors (Lipinski definition) is 1. The first-order valence-corrected chi connectivity index (χ1v) is 6.90. The van der Waals surface area contributed by atoms with Crippen LogP contribution in [0.2, 0.25) is 0 Å². The molecule has 0 fully saturated rings. The van der Waals surface area contributed by atoms with Crippen LogP contribution in [0.25, 0.3) is 0 Å². The molecule has 118 valence electrons. The van der Waals surface area contributed by atoms with E-state index in [-0.39, 0.29) is 19.5 Å². The molecule has 0 saturated carbocycles. The molecule has 0 radical (unpaired) electrons. The molecule has 0 atom stereocenters. The van der Waals surface area contributed by atoms with Crippen molar-refractivity contribution >= 4 is 12.1 Å². The van der Waals surface area contributed by atoms with Gasteiger partial charge in [-0.25, -0.2) is 4.79 Å². The summed E-state index contributed by atoms with van der Waals surface area (Å²) >= 11 is 0. The van der Waals surface area contributed by atoms with E-state index in [1.807, 2.05) is 6.07 Å². The zero-order chi connectivity index (χ0) is 16.8. The molecule has 0 heterocycles. The van der Waals surface area contributed by atoms with E-state index in [1.165, 1.54) is 4.90 Å². The van der Waals surface area contributed by atoms with Gasteiger partial charge in [0.25, 0.3) is 0 Å². The molecule has 0 unspecified atom stereocenters. The number of rotatable bonds is 5. The Morgan fingerprint density at radius 2 is 2.05 bits per heavy atom. The van der Waals surface area contributed by atoms with Crippen LogP contribution in [0, 0.1) is 11.3 Å². The molecule has 0 spiro atoms. The Hall–Kier alpha value is -2.55. The van der Waals surface area contributed by atoms with Gasteiger partial charge in [0.05, 0.1) is 18.1 Å². The number of nitrogens with zero attached hydrogens (tertiary/aromatic N) is 2. The van der Waals surface area contributed by atoms with E-state index in [0.29, 0.717) is 5.56 Å². The van der Waals surface area contributed by atoms with Gasteiger partial charge in [0.1, 0.15) is 5.60 Å². The topological polar surface area (TPSA) is 90.6 Å². The van der Waals surface area contributed by atoms with E-state index in [9.17, 15) is 9.59 Å². The molecule has 1 amide bonds. The summed E-state index contributed by atoms with van der Waals surface area (Å²) in [6, 6.07) is 8.86.